The van der Waals surface area contributed by atoms with Crippen molar-refractivity contribution in [3.8, 4) is 0 Å². The molecular formula is C10H16. The molecule has 0 amide bonds. The molecule has 0 bridgehead atoms. The molecule has 0 saturated carbocycles. The Kier molecular flexibility index (Phi) is 3.28. The normalized spacial score (nSPS) is 18.3. The largest absolute Gasteiger partial charge is 0.0885 e. The van der Waals surface area contributed by atoms with Crippen molar-refractivity contribution in [3.63, 3.8) is 0 Å². The Labute approximate surface area is 63.6 Å². The summed E-state index contributed by atoms with van der Waals surface area (Å²) in [5, 5.41) is 0. The summed E-state index contributed by atoms with van der Waals surface area (Å²) < 4.78 is 0. The fourth-order valence-electron chi connectivity index (χ4n) is 1.32. The topological polar surface area (TPSA) is 0 Å². The van der Waals surface area contributed by atoms with Gasteiger partial charge in [-0.1, -0.05) is 30.7 Å². The molecule has 1 aliphatic rings. The van der Waals surface area contributed by atoms with Gasteiger partial charge in [0, 0.05) is 0 Å². The molecule has 0 atom stereocenters. The Morgan fingerprint density at radius 2 is 2.40 bits per heavy atom. The van der Waals surface area contributed by atoms with E-state index in [0.29, 0.717) is 0 Å². The predicted octanol–water partition coefficient (Wildman–Crippen LogP) is 3.45. The third-order valence-corrected chi connectivity index (χ3v) is 1.92. The first-order chi connectivity index (χ1) is 4.93. The van der Waals surface area contributed by atoms with Gasteiger partial charge in [0.1, 0.15) is 0 Å². The molecule has 0 aromatic rings. The lowest BCUT2D eigenvalue weighted by atomic mass is 10.1. The van der Waals surface area contributed by atoms with Gasteiger partial charge in [0.15, 0.2) is 0 Å². The molecule has 10 heavy (non-hydrogen) atoms. The van der Waals surface area contributed by atoms with E-state index >= 15 is 0 Å². The molecule has 0 nitrogen and oxygen atoms in total. The number of rotatable bonds is 3. The lowest BCUT2D eigenvalue weighted by Gasteiger charge is -1.92. The quantitative estimate of drug-likeness (QED) is 0.521. The van der Waals surface area contributed by atoms with Crippen LogP contribution in [0, 0.1) is 0 Å². The van der Waals surface area contributed by atoms with Gasteiger partial charge < -0.3 is 0 Å². The molecule has 0 N–H and O–H groups in total. The fourth-order valence-corrected chi connectivity index (χ4v) is 1.32. The fraction of sp³-hybridized carbons (Fsp3) is 0.600. The van der Waals surface area contributed by atoms with E-state index in [0.717, 1.165) is 0 Å². The zero-order valence-electron chi connectivity index (χ0n) is 6.77. The molecule has 0 aliphatic heterocycles. The summed E-state index contributed by atoms with van der Waals surface area (Å²) in [6.45, 7) is 2.18. The Bertz CT molecular complexity index is 140. The van der Waals surface area contributed by atoms with Gasteiger partial charge in [-0.15, -0.1) is 0 Å². The standard InChI is InChI=1S/C10H16/c1-2-3-4-7-10-8-5-6-9-10/h3-4,8H,2,5-7,9H2,1H3/b4-3-. The number of hydrogen-bond donors (Lipinski definition) is 0. The van der Waals surface area contributed by atoms with E-state index in [2.05, 4.69) is 25.2 Å². The molecule has 0 heterocycles. The summed E-state index contributed by atoms with van der Waals surface area (Å²) in [6, 6.07) is 0. The highest BCUT2D eigenvalue weighted by Crippen LogP contribution is 2.20. The van der Waals surface area contributed by atoms with Crippen LogP contribution in [-0.2, 0) is 0 Å². The average molecular weight is 136 g/mol. The summed E-state index contributed by atoms with van der Waals surface area (Å²) in [4.78, 5) is 0. The molecule has 0 saturated heterocycles. The maximum atomic E-state index is 2.39. The highest BCUT2D eigenvalue weighted by atomic mass is 14.1. The smallest absolute Gasteiger partial charge is 0.0139 e. The Morgan fingerprint density at radius 3 is 3.00 bits per heavy atom. The molecule has 0 spiro atoms. The SMILES string of the molecule is CC/C=C\CC1=CCCC1. The average Bonchev–Trinajstić information content (AvgIpc) is 2.41. The van der Waals surface area contributed by atoms with Crippen molar-refractivity contribution in [1.82, 2.24) is 0 Å². The van der Waals surface area contributed by atoms with Crippen molar-refractivity contribution >= 4 is 0 Å². The van der Waals surface area contributed by atoms with Crippen molar-refractivity contribution in [2.75, 3.05) is 0 Å². The number of hydrogen-bond acceptors (Lipinski definition) is 0. The first kappa shape index (κ1) is 7.59. The maximum Gasteiger partial charge on any atom is -0.0139 e. The van der Waals surface area contributed by atoms with Crippen LogP contribution in [0.25, 0.3) is 0 Å². The van der Waals surface area contributed by atoms with Crippen molar-refractivity contribution < 1.29 is 0 Å². The van der Waals surface area contributed by atoms with Crippen LogP contribution in [-0.4, -0.2) is 0 Å². The molecular weight excluding hydrogens is 120 g/mol. The highest BCUT2D eigenvalue weighted by molar-refractivity contribution is 5.11. The summed E-state index contributed by atoms with van der Waals surface area (Å²) in [5.41, 5.74) is 1.64. The van der Waals surface area contributed by atoms with Gasteiger partial charge in [-0.25, -0.2) is 0 Å². The highest BCUT2D eigenvalue weighted by Gasteiger charge is 2.00. The van der Waals surface area contributed by atoms with Crippen molar-refractivity contribution in [2.24, 2.45) is 0 Å². The minimum absolute atomic E-state index is 1.17. The van der Waals surface area contributed by atoms with Gasteiger partial charge in [-0.3, -0.25) is 0 Å². The minimum Gasteiger partial charge on any atom is -0.0885 e. The van der Waals surface area contributed by atoms with Crippen LogP contribution in [0.1, 0.15) is 39.0 Å². The second-order valence-electron chi connectivity index (χ2n) is 2.84. The van der Waals surface area contributed by atoms with Gasteiger partial charge in [-0.2, -0.15) is 0 Å². The van der Waals surface area contributed by atoms with Crippen molar-refractivity contribution in [3.05, 3.63) is 23.8 Å². The molecule has 0 aromatic carbocycles. The van der Waals surface area contributed by atoms with Gasteiger partial charge in [-0.05, 0) is 32.1 Å². The Balaban J connectivity index is 2.18. The van der Waals surface area contributed by atoms with Crippen molar-refractivity contribution in [2.45, 2.75) is 39.0 Å². The molecule has 0 heteroatoms. The first-order valence-corrected chi connectivity index (χ1v) is 4.26. The van der Waals surface area contributed by atoms with E-state index in [1.54, 1.807) is 5.57 Å². The molecule has 1 rings (SSSR count). The third-order valence-electron chi connectivity index (χ3n) is 1.92. The summed E-state index contributed by atoms with van der Waals surface area (Å²) in [5.74, 6) is 0. The van der Waals surface area contributed by atoms with E-state index in [1.807, 2.05) is 0 Å². The van der Waals surface area contributed by atoms with Crippen LogP contribution in [0.3, 0.4) is 0 Å². The molecule has 1 aliphatic carbocycles. The molecule has 0 unspecified atom stereocenters. The maximum absolute atomic E-state index is 2.39. The van der Waals surface area contributed by atoms with E-state index in [4.69, 9.17) is 0 Å². The van der Waals surface area contributed by atoms with E-state index in [1.165, 1.54) is 32.1 Å². The third kappa shape index (κ3) is 2.38. The van der Waals surface area contributed by atoms with Crippen LogP contribution in [0.2, 0.25) is 0 Å². The van der Waals surface area contributed by atoms with Crippen LogP contribution >= 0.6 is 0 Å². The lowest BCUT2D eigenvalue weighted by molar-refractivity contribution is 0.892. The lowest BCUT2D eigenvalue weighted by Crippen LogP contribution is -1.72. The summed E-state index contributed by atoms with van der Waals surface area (Å²) >= 11 is 0. The zero-order valence-corrected chi connectivity index (χ0v) is 6.77. The van der Waals surface area contributed by atoms with Crippen molar-refractivity contribution in [1.29, 1.82) is 0 Å². The van der Waals surface area contributed by atoms with E-state index in [-0.39, 0.29) is 0 Å². The van der Waals surface area contributed by atoms with Gasteiger partial charge in [0.05, 0.1) is 0 Å². The predicted molar refractivity (Wildman–Crippen MR) is 46.0 cm³/mol. The van der Waals surface area contributed by atoms with Gasteiger partial charge >= 0.3 is 0 Å². The molecule has 0 fully saturated rings. The zero-order chi connectivity index (χ0) is 7.23. The minimum atomic E-state index is 1.17. The Hall–Kier alpha value is -0.520. The second kappa shape index (κ2) is 4.32. The summed E-state index contributed by atoms with van der Waals surface area (Å²) in [7, 11) is 0. The van der Waals surface area contributed by atoms with Crippen LogP contribution < -0.4 is 0 Å². The van der Waals surface area contributed by atoms with Crippen LogP contribution in [0.15, 0.2) is 23.8 Å². The second-order valence-corrected chi connectivity index (χ2v) is 2.84. The van der Waals surface area contributed by atoms with E-state index in [9.17, 15) is 0 Å². The Morgan fingerprint density at radius 1 is 1.50 bits per heavy atom. The summed E-state index contributed by atoms with van der Waals surface area (Å²) in [6.07, 6.45) is 13.3. The van der Waals surface area contributed by atoms with Gasteiger partial charge in [0.2, 0.25) is 0 Å². The monoisotopic (exact) mass is 136 g/mol. The first-order valence-electron chi connectivity index (χ1n) is 4.26. The van der Waals surface area contributed by atoms with E-state index < -0.39 is 0 Å². The molecule has 56 valence electrons. The molecule has 0 radical (unpaired) electrons. The van der Waals surface area contributed by atoms with Gasteiger partial charge in [0.25, 0.3) is 0 Å². The number of allylic oxidation sites excluding steroid dienone is 4. The molecule has 0 aromatic heterocycles. The van der Waals surface area contributed by atoms with Crippen LogP contribution in [0.4, 0.5) is 0 Å². The van der Waals surface area contributed by atoms with Crippen LogP contribution in [0.5, 0.6) is 0 Å².